The first-order valence-corrected chi connectivity index (χ1v) is 11.7. The van der Waals surface area contributed by atoms with Gasteiger partial charge in [-0.15, -0.1) is 11.1 Å². The second-order valence-electron chi connectivity index (χ2n) is 10.9. The Labute approximate surface area is 228 Å². The van der Waals surface area contributed by atoms with Crippen LogP contribution in [-0.4, -0.2) is 29.5 Å². The number of pyridine rings is 2. The van der Waals surface area contributed by atoms with Crippen molar-refractivity contribution in [2.45, 2.75) is 70.9 Å². The molecule has 5 heterocycles. The summed E-state index contributed by atoms with van der Waals surface area (Å²) in [5.41, 5.74) is -0.817. The summed E-state index contributed by atoms with van der Waals surface area (Å²) < 4.78 is 45.6. The van der Waals surface area contributed by atoms with Gasteiger partial charge in [-0.2, -0.15) is 13.2 Å². The summed E-state index contributed by atoms with van der Waals surface area (Å²) in [5, 5.41) is 8.62. The zero-order valence-electron chi connectivity index (χ0n) is 21.6. The molecule has 0 atom stereocenters. The van der Waals surface area contributed by atoms with E-state index in [-0.39, 0.29) is 32.4 Å². The number of nitrogens with zero attached hydrogens (tertiary/aromatic N) is 6. The number of alkyl halides is 3. The summed E-state index contributed by atoms with van der Waals surface area (Å²) in [5.74, 6) is 0.828. The summed E-state index contributed by atoms with van der Waals surface area (Å²) in [4.78, 5) is 9.57. The zero-order valence-corrected chi connectivity index (χ0v) is 23.9. The number of aryl methyl sites for hydroxylation is 1. The third-order valence-corrected chi connectivity index (χ3v) is 7.75. The van der Waals surface area contributed by atoms with Crippen molar-refractivity contribution in [2.75, 3.05) is 0 Å². The fourth-order valence-electron chi connectivity index (χ4n) is 4.72. The van der Waals surface area contributed by atoms with Gasteiger partial charge in [-0.05, 0) is 42.5 Å². The van der Waals surface area contributed by atoms with Crippen molar-refractivity contribution in [3.63, 3.8) is 0 Å². The minimum Gasteiger partial charge on any atom is -0.343 e. The average molecular weight is 688 g/mol. The van der Waals surface area contributed by atoms with Gasteiger partial charge in [-0.3, -0.25) is 20.2 Å². The minimum atomic E-state index is -4.67. The van der Waals surface area contributed by atoms with Gasteiger partial charge in [-0.1, -0.05) is 71.3 Å². The molecular formula is C27H27F3N6Pt. The molecule has 5 rings (SSSR count). The van der Waals surface area contributed by atoms with Crippen LogP contribution in [0.5, 0.6) is 0 Å². The molecular weight excluding hydrogens is 660 g/mol. The second kappa shape index (κ2) is 8.62. The SMILES string of the molecule is Cc1nn2[c-]c1C(C)(C)C(C)(C)c1[c-]n(nc1C(F)(F)F)-c1cccc(n1)C(C)(C)c1cccc-2n1.[Pt+2]. The van der Waals surface area contributed by atoms with Crippen LogP contribution in [0, 0.1) is 19.3 Å². The normalized spacial score (nSPS) is 17.4. The molecule has 196 valence electrons. The fourth-order valence-corrected chi connectivity index (χ4v) is 4.72. The Kier molecular flexibility index (Phi) is 6.34. The molecule has 0 unspecified atom stereocenters. The number of aromatic nitrogens is 6. The molecule has 0 aromatic carbocycles. The predicted octanol–water partition coefficient (Wildman–Crippen LogP) is 5.67. The van der Waals surface area contributed by atoms with Crippen LogP contribution in [-0.2, 0) is 43.5 Å². The fraction of sp³-hybridized carbons (Fsp3) is 0.407. The van der Waals surface area contributed by atoms with Crippen molar-refractivity contribution in [3.05, 3.63) is 82.7 Å². The quantitative estimate of drug-likeness (QED) is 0.224. The molecule has 10 heteroatoms. The Hall–Kier alpha value is -2.80. The molecule has 0 fully saturated rings. The van der Waals surface area contributed by atoms with Gasteiger partial charge in [0.2, 0.25) is 0 Å². The van der Waals surface area contributed by atoms with Crippen LogP contribution in [0.3, 0.4) is 0 Å². The van der Waals surface area contributed by atoms with E-state index in [9.17, 15) is 13.2 Å². The maximum atomic E-state index is 14.3. The predicted molar refractivity (Wildman–Crippen MR) is 128 cm³/mol. The molecule has 4 aromatic rings. The molecule has 0 N–H and O–H groups in total. The van der Waals surface area contributed by atoms with Crippen molar-refractivity contribution >= 4 is 0 Å². The van der Waals surface area contributed by atoms with Crippen LogP contribution in [0.25, 0.3) is 11.6 Å². The van der Waals surface area contributed by atoms with E-state index in [4.69, 9.17) is 9.97 Å². The summed E-state index contributed by atoms with van der Waals surface area (Å²) >= 11 is 0. The van der Waals surface area contributed by atoms with Gasteiger partial charge in [-0.25, -0.2) is 0 Å². The Bertz CT molecular complexity index is 1480. The Morgan fingerprint density at radius 1 is 0.730 bits per heavy atom. The molecule has 0 spiro atoms. The average Bonchev–Trinajstić information content (AvgIpc) is 3.44. The van der Waals surface area contributed by atoms with E-state index < -0.39 is 28.1 Å². The molecule has 0 radical (unpaired) electrons. The largest absolute Gasteiger partial charge is 2.00 e. The van der Waals surface area contributed by atoms with Crippen LogP contribution < -0.4 is 0 Å². The zero-order chi connectivity index (χ0) is 26.3. The molecule has 0 aliphatic carbocycles. The van der Waals surface area contributed by atoms with E-state index >= 15 is 0 Å². The second-order valence-corrected chi connectivity index (χ2v) is 10.9. The standard InChI is InChI=1S/C27H27F3N6.Pt/c1-16-17-14-35(33-16)21-12-8-10-19(31-21)24(2,3)20-11-9-13-22(32-20)36-15-18(23(34-36)27(28,29)30)26(6,7)25(17,4)5;/h8-13H,1-7H3;/q-2;+2. The van der Waals surface area contributed by atoms with E-state index in [1.807, 2.05) is 58.9 Å². The first kappa shape index (κ1) is 27.2. The minimum absolute atomic E-state index is 0. The molecule has 1 aliphatic heterocycles. The Morgan fingerprint density at radius 3 is 1.70 bits per heavy atom. The van der Waals surface area contributed by atoms with Gasteiger partial charge in [0, 0.05) is 16.8 Å². The number of halogens is 3. The molecule has 4 aromatic heterocycles. The van der Waals surface area contributed by atoms with Crippen molar-refractivity contribution in [1.29, 1.82) is 0 Å². The molecule has 1 aliphatic rings. The molecule has 0 saturated heterocycles. The van der Waals surface area contributed by atoms with Crippen molar-refractivity contribution in [3.8, 4) is 11.6 Å². The third kappa shape index (κ3) is 4.15. The topological polar surface area (TPSA) is 61.4 Å². The smallest absolute Gasteiger partial charge is 0.343 e. The molecule has 6 nitrogen and oxygen atoms in total. The van der Waals surface area contributed by atoms with E-state index in [1.54, 1.807) is 30.7 Å². The van der Waals surface area contributed by atoms with E-state index in [0.717, 1.165) is 10.4 Å². The summed E-state index contributed by atoms with van der Waals surface area (Å²) in [6.45, 7) is 13.1. The van der Waals surface area contributed by atoms with Crippen molar-refractivity contribution in [2.24, 2.45) is 0 Å². The van der Waals surface area contributed by atoms with E-state index in [2.05, 4.69) is 22.6 Å². The van der Waals surface area contributed by atoms with Gasteiger partial charge in [0.15, 0.2) is 0 Å². The van der Waals surface area contributed by atoms with Crippen LogP contribution in [0.2, 0.25) is 0 Å². The molecule has 0 saturated carbocycles. The summed E-state index contributed by atoms with van der Waals surface area (Å²) in [7, 11) is 0. The number of fused-ring (bicyclic) bond motifs is 10. The van der Waals surface area contributed by atoms with Crippen LogP contribution in [0.4, 0.5) is 13.2 Å². The molecule has 37 heavy (non-hydrogen) atoms. The van der Waals surface area contributed by atoms with Crippen LogP contribution in [0.1, 0.15) is 75.4 Å². The van der Waals surface area contributed by atoms with Gasteiger partial charge in [0.1, 0.15) is 0 Å². The number of hydrogen-bond acceptors (Lipinski definition) is 4. The third-order valence-electron chi connectivity index (χ3n) is 7.75. The van der Waals surface area contributed by atoms with Crippen LogP contribution >= 0.6 is 0 Å². The van der Waals surface area contributed by atoms with E-state index in [1.165, 1.54) is 0 Å². The van der Waals surface area contributed by atoms with Gasteiger partial charge < -0.3 is 9.36 Å². The first-order valence-electron chi connectivity index (χ1n) is 11.7. The Balaban J connectivity index is 0.00000320. The number of rotatable bonds is 0. The van der Waals surface area contributed by atoms with Crippen LogP contribution in [0.15, 0.2) is 36.4 Å². The monoisotopic (exact) mass is 687 g/mol. The van der Waals surface area contributed by atoms with Gasteiger partial charge >= 0.3 is 27.2 Å². The van der Waals surface area contributed by atoms with Crippen molar-refractivity contribution < 1.29 is 34.2 Å². The summed E-state index contributed by atoms with van der Waals surface area (Å²) in [6, 6.07) is 10.9. The van der Waals surface area contributed by atoms with Gasteiger partial charge in [0.05, 0.1) is 17.3 Å². The number of hydrogen-bond donors (Lipinski definition) is 0. The maximum Gasteiger partial charge on any atom is 2.00 e. The molecule has 0 amide bonds. The summed E-state index contributed by atoms with van der Waals surface area (Å²) in [6.07, 6.45) is 1.57. The van der Waals surface area contributed by atoms with Crippen molar-refractivity contribution in [1.82, 2.24) is 29.5 Å². The van der Waals surface area contributed by atoms with E-state index in [0.29, 0.717) is 22.8 Å². The molecule has 8 bridgehead atoms. The maximum absolute atomic E-state index is 14.3. The van der Waals surface area contributed by atoms with Gasteiger partial charge in [0.25, 0.3) is 0 Å². The Morgan fingerprint density at radius 2 is 1.19 bits per heavy atom. The first-order chi connectivity index (χ1) is 16.6.